The van der Waals surface area contributed by atoms with Crippen LogP contribution in [0.2, 0.25) is 0 Å². The number of phenolic OH excluding ortho intramolecular Hbond substituents is 1. The van der Waals surface area contributed by atoms with Crippen LogP contribution in [0.15, 0.2) is 29.4 Å². The fraction of sp³-hybridized carbons (Fsp3) is 0.385. The summed E-state index contributed by atoms with van der Waals surface area (Å²) in [7, 11) is 0. The van der Waals surface area contributed by atoms with E-state index in [1.807, 2.05) is 0 Å². The molecule has 0 fully saturated rings. The van der Waals surface area contributed by atoms with E-state index in [1.54, 1.807) is 6.92 Å². The molecule has 1 aromatic rings. The normalized spacial score (nSPS) is 22.3. The molecule has 0 aliphatic carbocycles. The average molecular weight is 302 g/mol. The molecule has 0 aromatic heterocycles. The number of hydrogen-bond donors (Lipinski definition) is 2. The van der Waals surface area contributed by atoms with E-state index in [-0.39, 0.29) is 28.5 Å². The van der Waals surface area contributed by atoms with Crippen molar-refractivity contribution in [2.24, 2.45) is 5.10 Å². The van der Waals surface area contributed by atoms with Crippen molar-refractivity contribution in [3.05, 3.63) is 29.8 Å². The Morgan fingerprint density at radius 2 is 2.14 bits per heavy atom. The lowest BCUT2D eigenvalue weighted by Crippen LogP contribution is -2.56. The van der Waals surface area contributed by atoms with Gasteiger partial charge in [-0.15, -0.1) is 0 Å². The van der Waals surface area contributed by atoms with E-state index in [9.17, 15) is 28.2 Å². The molecule has 2 rings (SSSR count). The van der Waals surface area contributed by atoms with Gasteiger partial charge >= 0.3 is 6.18 Å². The summed E-state index contributed by atoms with van der Waals surface area (Å²) in [4.78, 5) is 12.2. The van der Waals surface area contributed by atoms with Gasteiger partial charge in [-0.05, 0) is 24.6 Å². The highest BCUT2D eigenvalue weighted by molar-refractivity contribution is 5.98. The maximum atomic E-state index is 13.1. The van der Waals surface area contributed by atoms with Crippen LogP contribution in [-0.4, -0.2) is 38.7 Å². The number of rotatable bonds is 2. The van der Waals surface area contributed by atoms with Crippen LogP contribution in [0.4, 0.5) is 13.2 Å². The van der Waals surface area contributed by atoms with Gasteiger partial charge < -0.3 is 10.2 Å². The maximum Gasteiger partial charge on any atom is 0.438 e. The van der Waals surface area contributed by atoms with Gasteiger partial charge in [0.1, 0.15) is 5.75 Å². The standard InChI is InChI=1S/C13H13F3N2O3/c1-2-9-7-12(21,13(14,15)16)18(17-9)11(20)8-4-3-5-10(19)6-8/h3-6,19,21H,2,7H2,1H3/t12-/m0/s1. The lowest BCUT2D eigenvalue weighted by molar-refractivity contribution is -0.297. The molecule has 0 radical (unpaired) electrons. The highest BCUT2D eigenvalue weighted by Crippen LogP contribution is 2.41. The molecule has 0 spiro atoms. The summed E-state index contributed by atoms with van der Waals surface area (Å²) in [6, 6.07) is 4.84. The first-order valence-corrected chi connectivity index (χ1v) is 6.18. The second-order valence-electron chi connectivity index (χ2n) is 4.68. The zero-order valence-electron chi connectivity index (χ0n) is 11.1. The van der Waals surface area contributed by atoms with E-state index >= 15 is 0 Å². The molecule has 0 bridgehead atoms. The number of aromatic hydroxyl groups is 1. The Morgan fingerprint density at radius 3 is 2.67 bits per heavy atom. The minimum absolute atomic E-state index is 0.0423. The van der Waals surface area contributed by atoms with E-state index in [2.05, 4.69) is 5.10 Å². The highest BCUT2D eigenvalue weighted by Gasteiger charge is 2.63. The minimum Gasteiger partial charge on any atom is -0.508 e. The number of carbonyl (C=O) groups is 1. The van der Waals surface area contributed by atoms with Gasteiger partial charge in [0.25, 0.3) is 11.6 Å². The number of phenols is 1. The first-order chi connectivity index (χ1) is 9.69. The summed E-state index contributed by atoms with van der Waals surface area (Å²) in [5, 5.41) is 22.8. The molecule has 1 heterocycles. The van der Waals surface area contributed by atoms with Gasteiger partial charge in [0.15, 0.2) is 0 Å². The minimum atomic E-state index is -5.04. The summed E-state index contributed by atoms with van der Waals surface area (Å²) in [5.74, 6) is -1.40. The van der Waals surface area contributed by atoms with Crippen molar-refractivity contribution >= 4 is 11.6 Å². The molecule has 8 heteroatoms. The molecule has 5 nitrogen and oxygen atoms in total. The van der Waals surface area contributed by atoms with Crippen molar-refractivity contribution in [1.29, 1.82) is 0 Å². The van der Waals surface area contributed by atoms with Crippen LogP contribution < -0.4 is 0 Å². The average Bonchev–Trinajstić information content (AvgIpc) is 2.76. The second-order valence-corrected chi connectivity index (χ2v) is 4.68. The number of nitrogens with zero attached hydrogens (tertiary/aromatic N) is 2. The van der Waals surface area contributed by atoms with E-state index in [0.29, 0.717) is 0 Å². The van der Waals surface area contributed by atoms with Gasteiger partial charge in [0.2, 0.25) is 0 Å². The predicted octanol–water partition coefficient (Wildman–Crippen LogP) is 2.25. The number of halogens is 3. The van der Waals surface area contributed by atoms with Gasteiger partial charge in [-0.25, -0.2) is 0 Å². The third-order valence-electron chi connectivity index (χ3n) is 3.19. The van der Waals surface area contributed by atoms with E-state index in [1.165, 1.54) is 18.2 Å². The summed E-state index contributed by atoms with van der Waals surface area (Å²) in [6.07, 6.45) is -5.64. The van der Waals surface area contributed by atoms with Crippen molar-refractivity contribution in [2.75, 3.05) is 0 Å². The largest absolute Gasteiger partial charge is 0.508 e. The number of aliphatic hydroxyl groups is 1. The lowest BCUT2D eigenvalue weighted by Gasteiger charge is -2.32. The molecular formula is C13H13F3N2O3. The number of hydrogen-bond acceptors (Lipinski definition) is 4. The third-order valence-corrected chi connectivity index (χ3v) is 3.19. The quantitative estimate of drug-likeness (QED) is 0.880. The summed E-state index contributed by atoms with van der Waals surface area (Å²) in [5.41, 5.74) is -3.48. The Hall–Kier alpha value is -2.09. The Bertz CT molecular complexity index is 601. The first-order valence-electron chi connectivity index (χ1n) is 6.18. The van der Waals surface area contributed by atoms with Crippen LogP contribution in [0.3, 0.4) is 0 Å². The van der Waals surface area contributed by atoms with Crippen LogP contribution in [0.25, 0.3) is 0 Å². The molecule has 114 valence electrons. The zero-order chi connectivity index (χ0) is 15.8. The van der Waals surface area contributed by atoms with E-state index in [0.717, 1.165) is 6.07 Å². The molecule has 2 N–H and O–H groups in total. The predicted molar refractivity (Wildman–Crippen MR) is 67.6 cm³/mol. The van der Waals surface area contributed by atoms with Gasteiger partial charge in [-0.2, -0.15) is 23.3 Å². The van der Waals surface area contributed by atoms with Gasteiger partial charge in [0, 0.05) is 17.7 Å². The topological polar surface area (TPSA) is 73.1 Å². The van der Waals surface area contributed by atoms with Crippen LogP contribution >= 0.6 is 0 Å². The van der Waals surface area contributed by atoms with Crippen molar-refractivity contribution in [3.63, 3.8) is 0 Å². The van der Waals surface area contributed by atoms with Crippen LogP contribution in [0.1, 0.15) is 30.1 Å². The molecule has 1 amide bonds. The summed E-state index contributed by atoms with van der Waals surface area (Å²) in [6.45, 7) is 1.58. The molecule has 1 atom stereocenters. The number of carbonyl (C=O) groups excluding carboxylic acids is 1. The number of benzene rings is 1. The highest BCUT2D eigenvalue weighted by atomic mass is 19.4. The van der Waals surface area contributed by atoms with Gasteiger partial charge in [-0.3, -0.25) is 4.79 Å². The van der Waals surface area contributed by atoms with Crippen LogP contribution in [0, 0.1) is 0 Å². The second kappa shape index (κ2) is 5.03. The van der Waals surface area contributed by atoms with E-state index in [4.69, 9.17) is 0 Å². The summed E-state index contributed by atoms with van der Waals surface area (Å²) < 4.78 is 39.3. The van der Waals surface area contributed by atoms with Gasteiger partial charge in [0.05, 0.1) is 0 Å². The Balaban J connectivity index is 2.43. The zero-order valence-corrected chi connectivity index (χ0v) is 11.1. The lowest BCUT2D eigenvalue weighted by atomic mass is 10.0. The third kappa shape index (κ3) is 2.58. The molecule has 1 aliphatic heterocycles. The summed E-state index contributed by atoms with van der Waals surface area (Å²) >= 11 is 0. The maximum absolute atomic E-state index is 13.1. The Morgan fingerprint density at radius 1 is 1.48 bits per heavy atom. The fourth-order valence-electron chi connectivity index (χ4n) is 2.01. The van der Waals surface area contributed by atoms with E-state index < -0.39 is 24.2 Å². The molecule has 1 aromatic carbocycles. The molecular weight excluding hydrogens is 289 g/mol. The number of amides is 1. The van der Waals surface area contributed by atoms with Crippen LogP contribution in [0.5, 0.6) is 5.75 Å². The monoisotopic (exact) mass is 302 g/mol. The number of alkyl halides is 3. The fourth-order valence-corrected chi connectivity index (χ4v) is 2.01. The Labute approximate surface area is 118 Å². The van der Waals surface area contributed by atoms with Crippen molar-refractivity contribution < 1.29 is 28.2 Å². The van der Waals surface area contributed by atoms with Crippen LogP contribution in [-0.2, 0) is 0 Å². The SMILES string of the molecule is CCC1=NN(C(=O)c2cccc(O)c2)[C@@](O)(C(F)(F)F)C1. The number of hydrazone groups is 1. The molecule has 21 heavy (non-hydrogen) atoms. The molecule has 0 unspecified atom stereocenters. The van der Waals surface area contributed by atoms with Crippen molar-refractivity contribution in [2.45, 2.75) is 31.7 Å². The molecule has 0 saturated carbocycles. The molecule has 1 aliphatic rings. The first kappa shape index (κ1) is 15.3. The Kier molecular flexibility index (Phi) is 3.66. The van der Waals surface area contributed by atoms with Crippen molar-refractivity contribution in [3.8, 4) is 5.75 Å². The van der Waals surface area contributed by atoms with Crippen molar-refractivity contribution in [1.82, 2.24) is 5.01 Å². The smallest absolute Gasteiger partial charge is 0.438 e. The molecule has 0 saturated heterocycles. The van der Waals surface area contributed by atoms with Gasteiger partial charge in [-0.1, -0.05) is 13.0 Å².